The Labute approximate surface area is 175 Å². The predicted octanol–water partition coefficient (Wildman–Crippen LogP) is 4.95. The topological polar surface area (TPSA) is 76.7 Å². The third-order valence-corrected chi connectivity index (χ3v) is 5.48. The second-order valence-corrected chi connectivity index (χ2v) is 8.16. The average molecular weight is 415 g/mol. The first-order valence-electron chi connectivity index (χ1n) is 9.84. The van der Waals surface area contributed by atoms with Crippen LogP contribution in [-0.2, 0) is 4.79 Å². The summed E-state index contributed by atoms with van der Waals surface area (Å²) in [5.74, 6) is 0.969. The first kappa shape index (κ1) is 21.0. The smallest absolute Gasteiger partial charge is 0.255 e. The summed E-state index contributed by atoms with van der Waals surface area (Å²) in [4.78, 5) is 25.6. The van der Waals surface area contributed by atoms with Crippen LogP contribution < -0.4 is 20.1 Å². The molecule has 29 heavy (non-hydrogen) atoms. The summed E-state index contributed by atoms with van der Waals surface area (Å²) in [6.45, 7) is 7.11. The lowest BCUT2D eigenvalue weighted by Gasteiger charge is -2.21. The van der Waals surface area contributed by atoms with Crippen LogP contribution in [0.5, 0.6) is 11.5 Å². The van der Waals surface area contributed by atoms with E-state index in [-0.39, 0.29) is 17.1 Å². The van der Waals surface area contributed by atoms with Gasteiger partial charge in [-0.25, -0.2) is 0 Å². The Bertz CT molecular complexity index is 900. The minimum atomic E-state index is -0.255. The van der Waals surface area contributed by atoms with Crippen molar-refractivity contribution in [1.29, 1.82) is 0 Å². The average Bonchev–Trinajstić information content (AvgIpc) is 2.72. The Balaban J connectivity index is 1.76. The molecule has 0 fully saturated rings. The summed E-state index contributed by atoms with van der Waals surface area (Å²) in [6.07, 6.45) is 1.78. The van der Waals surface area contributed by atoms with Crippen molar-refractivity contribution in [3.63, 3.8) is 0 Å². The van der Waals surface area contributed by atoms with Crippen molar-refractivity contribution in [3.8, 4) is 11.5 Å². The van der Waals surface area contributed by atoms with Crippen LogP contribution in [0.25, 0.3) is 0 Å². The van der Waals surface area contributed by atoms with Crippen molar-refractivity contribution >= 4 is 35.0 Å². The highest BCUT2D eigenvalue weighted by Gasteiger charge is 2.23. The van der Waals surface area contributed by atoms with Gasteiger partial charge in [0.1, 0.15) is 0 Å². The molecule has 0 spiro atoms. The highest BCUT2D eigenvalue weighted by Crippen LogP contribution is 2.36. The van der Waals surface area contributed by atoms with E-state index in [1.807, 2.05) is 26.8 Å². The number of benzene rings is 2. The van der Waals surface area contributed by atoms with Crippen LogP contribution in [0.2, 0.25) is 0 Å². The number of carbonyl (C=O) groups is 2. The number of anilines is 2. The largest absolute Gasteiger partial charge is 0.490 e. The normalized spacial score (nSPS) is 15.3. The molecule has 0 aromatic heterocycles. The van der Waals surface area contributed by atoms with E-state index in [1.54, 1.807) is 30.3 Å². The van der Waals surface area contributed by atoms with Crippen LogP contribution in [0.1, 0.15) is 44.0 Å². The van der Waals surface area contributed by atoms with Crippen LogP contribution in [0, 0.1) is 0 Å². The van der Waals surface area contributed by atoms with Crippen molar-refractivity contribution < 1.29 is 19.1 Å². The van der Waals surface area contributed by atoms with E-state index in [2.05, 4.69) is 10.6 Å². The molecule has 1 unspecified atom stereocenters. The lowest BCUT2D eigenvalue weighted by Crippen LogP contribution is -2.26. The van der Waals surface area contributed by atoms with Gasteiger partial charge in [0.2, 0.25) is 5.91 Å². The summed E-state index contributed by atoms with van der Waals surface area (Å²) in [6, 6.07) is 10.7. The quantitative estimate of drug-likeness (QED) is 0.639. The van der Waals surface area contributed by atoms with Gasteiger partial charge in [0.25, 0.3) is 5.91 Å². The molecular weight excluding hydrogens is 388 g/mol. The molecule has 0 saturated carbocycles. The summed E-state index contributed by atoms with van der Waals surface area (Å²) in [5, 5.41) is 5.60. The molecule has 2 aromatic rings. The van der Waals surface area contributed by atoms with Gasteiger partial charge in [-0.15, -0.1) is 11.8 Å². The summed E-state index contributed by atoms with van der Waals surface area (Å²) >= 11 is 1.49. The van der Waals surface area contributed by atoms with Gasteiger partial charge in [0.05, 0.1) is 24.2 Å². The summed E-state index contributed by atoms with van der Waals surface area (Å²) in [5.41, 5.74) is 1.76. The number of ether oxygens (including phenoxy) is 2. The first-order chi connectivity index (χ1) is 14.0. The Morgan fingerprint density at radius 3 is 2.52 bits per heavy atom. The number of fused-ring (bicyclic) bond motifs is 1. The van der Waals surface area contributed by atoms with Crippen molar-refractivity contribution in [2.24, 2.45) is 0 Å². The molecule has 154 valence electrons. The molecular formula is C22H26N2O4S. The molecule has 2 N–H and O–H groups in total. The van der Waals surface area contributed by atoms with E-state index in [0.29, 0.717) is 41.7 Å². The molecule has 2 aromatic carbocycles. The Kier molecular flexibility index (Phi) is 7.04. The maximum atomic E-state index is 12.7. The predicted molar refractivity (Wildman–Crippen MR) is 116 cm³/mol. The van der Waals surface area contributed by atoms with E-state index in [1.165, 1.54) is 11.8 Å². The molecule has 1 aliphatic rings. The number of amides is 2. The molecule has 1 heterocycles. The molecule has 3 rings (SSSR count). The van der Waals surface area contributed by atoms with Gasteiger partial charge < -0.3 is 20.1 Å². The standard InChI is InChI=1S/C22H26N2O4S/c1-4-10-27-18-8-7-16(13-19(18)28-11-5-2)23-22(26)15-6-9-20-17(12-15)24-21(25)14(3)29-20/h6-9,12-14H,4-5,10-11H2,1-3H3,(H,23,26)(H,24,25). The van der Waals surface area contributed by atoms with E-state index in [0.717, 1.165) is 17.7 Å². The lowest BCUT2D eigenvalue weighted by molar-refractivity contribution is -0.115. The Hall–Kier alpha value is -2.67. The van der Waals surface area contributed by atoms with Crippen LogP contribution in [0.3, 0.4) is 0 Å². The molecule has 7 heteroatoms. The molecule has 0 radical (unpaired) electrons. The first-order valence-corrected chi connectivity index (χ1v) is 10.7. The molecule has 1 aliphatic heterocycles. The maximum absolute atomic E-state index is 12.7. The summed E-state index contributed by atoms with van der Waals surface area (Å²) < 4.78 is 11.5. The van der Waals surface area contributed by atoms with Gasteiger partial charge in [-0.1, -0.05) is 13.8 Å². The second-order valence-electron chi connectivity index (χ2n) is 6.77. The maximum Gasteiger partial charge on any atom is 0.255 e. The molecule has 6 nitrogen and oxygen atoms in total. The fraction of sp³-hybridized carbons (Fsp3) is 0.364. The molecule has 1 atom stereocenters. The molecule has 2 amide bonds. The van der Waals surface area contributed by atoms with Gasteiger partial charge in [-0.3, -0.25) is 9.59 Å². The number of rotatable bonds is 8. The zero-order valence-electron chi connectivity index (χ0n) is 16.9. The van der Waals surface area contributed by atoms with Crippen molar-refractivity contribution in [2.45, 2.75) is 43.8 Å². The zero-order chi connectivity index (χ0) is 20.8. The van der Waals surface area contributed by atoms with Crippen LogP contribution in [0.4, 0.5) is 11.4 Å². The van der Waals surface area contributed by atoms with Gasteiger partial charge in [0, 0.05) is 22.2 Å². The molecule has 0 saturated heterocycles. The zero-order valence-corrected chi connectivity index (χ0v) is 17.7. The van der Waals surface area contributed by atoms with E-state index < -0.39 is 0 Å². The third kappa shape index (κ3) is 5.23. The fourth-order valence-electron chi connectivity index (χ4n) is 2.80. The van der Waals surface area contributed by atoms with Crippen molar-refractivity contribution in [2.75, 3.05) is 23.8 Å². The van der Waals surface area contributed by atoms with Crippen LogP contribution >= 0.6 is 11.8 Å². The molecule has 0 bridgehead atoms. The van der Waals surface area contributed by atoms with Crippen LogP contribution in [-0.4, -0.2) is 30.3 Å². The van der Waals surface area contributed by atoms with Crippen LogP contribution in [0.15, 0.2) is 41.3 Å². The SMILES string of the molecule is CCCOc1ccc(NC(=O)c2ccc3c(c2)NC(=O)C(C)S3)cc1OCCC. The number of hydrogen-bond acceptors (Lipinski definition) is 5. The van der Waals surface area contributed by atoms with Crippen molar-refractivity contribution in [3.05, 3.63) is 42.0 Å². The van der Waals surface area contributed by atoms with E-state index in [4.69, 9.17) is 9.47 Å². The Morgan fingerprint density at radius 1 is 1.07 bits per heavy atom. The summed E-state index contributed by atoms with van der Waals surface area (Å²) in [7, 11) is 0. The number of hydrogen-bond donors (Lipinski definition) is 2. The highest BCUT2D eigenvalue weighted by molar-refractivity contribution is 8.00. The minimum Gasteiger partial charge on any atom is -0.490 e. The number of nitrogens with one attached hydrogen (secondary N) is 2. The minimum absolute atomic E-state index is 0.0551. The van der Waals surface area contributed by atoms with E-state index in [9.17, 15) is 9.59 Å². The number of carbonyl (C=O) groups excluding carboxylic acids is 2. The van der Waals surface area contributed by atoms with Gasteiger partial charge in [-0.2, -0.15) is 0 Å². The van der Waals surface area contributed by atoms with Gasteiger partial charge in [-0.05, 0) is 50.1 Å². The third-order valence-electron chi connectivity index (χ3n) is 4.30. The monoisotopic (exact) mass is 414 g/mol. The highest BCUT2D eigenvalue weighted by atomic mass is 32.2. The number of thioether (sulfide) groups is 1. The Morgan fingerprint density at radius 2 is 1.79 bits per heavy atom. The van der Waals surface area contributed by atoms with E-state index >= 15 is 0 Å². The van der Waals surface area contributed by atoms with Gasteiger partial charge in [0.15, 0.2) is 11.5 Å². The second kappa shape index (κ2) is 9.69. The fourth-order valence-corrected chi connectivity index (χ4v) is 3.73. The van der Waals surface area contributed by atoms with Gasteiger partial charge >= 0.3 is 0 Å². The van der Waals surface area contributed by atoms with Crippen molar-refractivity contribution in [1.82, 2.24) is 0 Å². The molecule has 0 aliphatic carbocycles. The lowest BCUT2D eigenvalue weighted by atomic mass is 10.1.